The van der Waals surface area contributed by atoms with Crippen molar-refractivity contribution in [3.8, 4) is 11.1 Å². The Morgan fingerprint density at radius 3 is 2.27 bits per heavy atom. The van der Waals surface area contributed by atoms with E-state index in [-0.39, 0.29) is 11.6 Å². The third-order valence-electron chi connectivity index (χ3n) is 6.25. The highest BCUT2D eigenvalue weighted by Gasteiger charge is 2.33. The molecule has 7 heteroatoms. The molecule has 0 amide bonds. The molecule has 0 aliphatic heterocycles. The van der Waals surface area contributed by atoms with Crippen molar-refractivity contribution in [3.63, 3.8) is 0 Å². The van der Waals surface area contributed by atoms with Gasteiger partial charge in [0.2, 0.25) is 0 Å². The maximum atomic E-state index is 14.6. The maximum absolute atomic E-state index is 14.6. The SMILES string of the molecule is NC(CCCCB(O)O)C1CC(CCc2c(F)cc(-c3ccc(Cl)cc3)cc2F)C1. The molecule has 1 atom stereocenters. The number of rotatable bonds is 10. The molecule has 0 saturated heterocycles. The summed E-state index contributed by atoms with van der Waals surface area (Å²) in [6.07, 6.45) is 6.04. The second kappa shape index (κ2) is 10.7. The Labute approximate surface area is 182 Å². The van der Waals surface area contributed by atoms with Crippen molar-refractivity contribution >= 4 is 18.7 Å². The van der Waals surface area contributed by atoms with Crippen LogP contribution in [0, 0.1) is 23.5 Å². The number of unbranched alkanes of at least 4 members (excludes halogenated alkanes) is 1. The van der Waals surface area contributed by atoms with E-state index in [1.807, 2.05) is 0 Å². The lowest BCUT2D eigenvalue weighted by atomic mass is 9.68. The van der Waals surface area contributed by atoms with Gasteiger partial charge in [-0.15, -0.1) is 0 Å². The number of hydrogen-bond acceptors (Lipinski definition) is 3. The predicted octanol–water partition coefficient (Wildman–Crippen LogP) is 5.21. The lowest BCUT2D eigenvalue weighted by Crippen LogP contribution is -2.39. The first-order valence-corrected chi connectivity index (χ1v) is 11.1. The van der Waals surface area contributed by atoms with Gasteiger partial charge in [0, 0.05) is 16.6 Å². The Hall–Kier alpha value is -1.47. The van der Waals surface area contributed by atoms with Gasteiger partial charge < -0.3 is 15.8 Å². The Bertz CT molecular complexity index is 805. The minimum absolute atomic E-state index is 0.115. The molecule has 1 aliphatic carbocycles. The van der Waals surface area contributed by atoms with Crippen molar-refractivity contribution in [2.24, 2.45) is 17.6 Å². The lowest BCUT2D eigenvalue weighted by molar-refractivity contribution is 0.146. The number of benzene rings is 2. The van der Waals surface area contributed by atoms with E-state index in [4.69, 9.17) is 27.4 Å². The van der Waals surface area contributed by atoms with E-state index in [9.17, 15) is 8.78 Å². The highest BCUT2D eigenvalue weighted by atomic mass is 35.5. The van der Waals surface area contributed by atoms with E-state index in [1.165, 1.54) is 12.1 Å². The molecular formula is C23H29BClF2NO2. The third-order valence-corrected chi connectivity index (χ3v) is 6.50. The zero-order valence-electron chi connectivity index (χ0n) is 17.0. The van der Waals surface area contributed by atoms with Crippen LogP contribution in [0.25, 0.3) is 11.1 Å². The first-order valence-electron chi connectivity index (χ1n) is 10.7. The first-order chi connectivity index (χ1) is 14.3. The molecule has 30 heavy (non-hydrogen) atoms. The topological polar surface area (TPSA) is 66.5 Å². The largest absolute Gasteiger partial charge is 0.451 e. The minimum atomic E-state index is -1.24. The standard InChI is InChI=1S/C23H29BClF2NO2/c25-19-7-5-16(6-8-19)17-13-21(26)20(22(27)14-17)9-4-15-11-18(12-15)23(28)3-1-2-10-24(29)30/h5-8,13-15,18,23,29-30H,1-4,9-12,28H2. The molecule has 4 N–H and O–H groups in total. The van der Waals surface area contributed by atoms with Crippen molar-refractivity contribution in [3.05, 3.63) is 58.6 Å². The highest BCUT2D eigenvalue weighted by Crippen LogP contribution is 2.40. The molecule has 0 spiro atoms. The molecule has 1 unspecified atom stereocenters. The number of hydrogen-bond donors (Lipinski definition) is 3. The van der Waals surface area contributed by atoms with Crippen molar-refractivity contribution < 1.29 is 18.8 Å². The van der Waals surface area contributed by atoms with Gasteiger partial charge in [0.25, 0.3) is 0 Å². The van der Waals surface area contributed by atoms with Gasteiger partial charge in [-0.05, 0) is 85.7 Å². The van der Waals surface area contributed by atoms with Gasteiger partial charge >= 0.3 is 7.12 Å². The van der Waals surface area contributed by atoms with Crippen LogP contribution in [-0.2, 0) is 6.42 Å². The maximum Gasteiger partial charge on any atom is 0.451 e. The van der Waals surface area contributed by atoms with Gasteiger partial charge in [-0.2, -0.15) is 0 Å². The van der Waals surface area contributed by atoms with Gasteiger partial charge in [-0.1, -0.05) is 36.6 Å². The first kappa shape index (κ1) is 23.2. The van der Waals surface area contributed by atoms with E-state index in [0.717, 1.165) is 44.1 Å². The fourth-order valence-corrected chi connectivity index (χ4v) is 4.44. The zero-order valence-corrected chi connectivity index (χ0v) is 17.8. The smallest absolute Gasteiger partial charge is 0.427 e. The Morgan fingerprint density at radius 2 is 1.67 bits per heavy atom. The lowest BCUT2D eigenvalue weighted by Gasteiger charge is -2.39. The van der Waals surface area contributed by atoms with Crippen LogP contribution in [0.15, 0.2) is 36.4 Å². The molecule has 3 rings (SSSR count). The molecule has 0 radical (unpaired) electrons. The van der Waals surface area contributed by atoms with E-state index >= 15 is 0 Å². The van der Waals surface area contributed by atoms with Gasteiger partial charge in [-0.25, -0.2) is 8.78 Å². The molecule has 0 bridgehead atoms. The van der Waals surface area contributed by atoms with Gasteiger partial charge in [0.05, 0.1) is 0 Å². The van der Waals surface area contributed by atoms with Crippen molar-refractivity contribution in [1.29, 1.82) is 0 Å². The Balaban J connectivity index is 1.46. The van der Waals surface area contributed by atoms with E-state index < -0.39 is 18.8 Å². The summed E-state index contributed by atoms with van der Waals surface area (Å²) in [5.74, 6) is -0.0942. The van der Waals surface area contributed by atoms with Crippen LogP contribution in [0.4, 0.5) is 8.78 Å². The monoisotopic (exact) mass is 435 g/mol. The molecule has 2 aromatic rings. The molecule has 0 aromatic heterocycles. The van der Waals surface area contributed by atoms with Gasteiger partial charge in [0.15, 0.2) is 0 Å². The summed E-state index contributed by atoms with van der Waals surface area (Å²) in [5, 5.41) is 18.3. The molecule has 162 valence electrons. The summed E-state index contributed by atoms with van der Waals surface area (Å²) in [6.45, 7) is 0. The summed E-state index contributed by atoms with van der Waals surface area (Å²) in [7, 11) is -1.24. The Kier molecular flexibility index (Phi) is 8.29. The van der Waals surface area contributed by atoms with Crippen LogP contribution in [0.2, 0.25) is 11.3 Å². The quantitative estimate of drug-likeness (QED) is 0.354. The fourth-order valence-electron chi connectivity index (χ4n) is 4.31. The van der Waals surface area contributed by atoms with Gasteiger partial charge in [0.1, 0.15) is 11.6 Å². The van der Waals surface area contributed by atoms with Crippen LogP contribution in [0.3, 0.4) is 0 Å². The summed E-state index contributed by atoms with van der Waals surface area (Å²) in [5.41, 5.74) is 7.63. The molecule has 3 nitrogen and oxygen atoms in total. The molecule has 2 aromatic carbocycles. The predicted molar refractivity (Wildman–Crippen MR) is 118 cm³/mol. The minimum Gasteiger partial charge on any atom is -0.427 e. The molecular weight excluding hydrogens is 407 g/mol. The molecule has 1 aliphatic rings. The number of nitrogens with two attached hydrogens (primary N) is 1. The average molecular weight is 436 g/mol. The average Bonchev–Trinajstić information content (AvgIpc) is 2.66. The second-order valence-corrected chi connectivity index (χ2v) is 8.93. The summed E-state index contributed by atoms with van der Waals surface area (Å²) < 4.78 is 29.1. The summed E-state index contributed by atoms with van der Waals surface area (Å²) in [4.78, 5) is 0. The van der Waals surface area contributed by atoms with Crippen LogP contribution < -0.4 is 5.73 Å². The second-order valence-electron chi connectivity index (χ2n) is 8.49. The van der Waals surface area contributed by atoms with E-state index in [1.54, 1.807) is 24.3 Å². The van der Waals surface area contributed by atoms with E-state index in [0.29, 0.717) is 35.2 Å². The molecule has 1 saturated carbocycles. The summed E-state index contributed by atoms with van der Waals surface area (Å²) in [6, 6.07) is 9.81. The van der Waals surface area contributed by atoms with Crippen LogP contribution in [-0.4, -0.2) is 23.2 Å². The summed E-state index contributed by atoms with van der Waals surface area (Å²) >= 11 is 5.88. The molecule has 1 fully saturated rings. The van der Waals surface area contributed by atoms with Crippen LogP contribution >= 0.6 is 11.6 Å². The number of halogens is 3. The van der Waals surface area contributed by atoms with Crippen molar-refractivity contribution in [1.82, 2.24) is 0 Å². The third kappa shape index (κ3) is 6.27. The zero-order chi connectivity index (χ0) is 21.7. The normalized spacial score (nSPS) is 19.4. The Morgan fingerprint density at radius 1 is 1.03 bits per heavy atom. The van der Waals surface area contributed by atoms with Crippen molar-refractivity contribution in [2.75, 3.05) is 0 Å². The van der Waals surface area contributed by atoms with Gasteiger partial charge in [-0.3, -0.25) is 0 Å². The highest BCUT2D eigenvalue weighted by molar-refractivity contribution is 6.40. The van der Waals surface area contributed by atoms with Crippen LogP contribution in [0.5, 0.6) is 0 Å². The fraction of sp³-hybridized carbons (Fsp3) is 0.478. The van der Waals surface area contributed by atoms with Crippen molar-refractivity contribution in [2.45, 2.75) is 57.3 Å². The van der Waals surface area contributed by atoms with E-state index in [2.05, 4.69) is 0 Å². The van der Waals surface area contributed by atoms with Crippen LogP contribution in [0.1, 0.15) is 44.1 Å². The molecule has 0 heterocycles.